The largest absolute Gasteiger partial charge is 0.494 e. The van der Waals surface area contributed by atoms with Crippen molar-refractivity contribution in [1.29, 1.82) is 0 Å². The number of benzene rings is 2. The second-order valence-electron chi connectivity index (χ2n) is 6.32. The summed E-state index contributed by atoms with van der Waals surface area (Å²) in [6.45, 7) is 0.153. The Morgan fingerprint density at radius 1 is 1.03 bits per heavy atom. The van der Waals surface area contributed by atoms with Gasteiger partial charge in [0.05, 0.1) is 12.4 Å². The van der Waals surface area contributed by atoms with Crippen LogP contribution in [0.4, 0.5) is 4.39 Å². The fraction of sp³-hybridized carbons (Fsp3) is 0.136. The third kappa shape index (κ3) is 6.56. The topological polar surface area (TPSA) is 76.5 Å². The minimum atomic E-state index is -3.98. The molecule has 0 bridgehead atoms. The van der Waals surface area contributed by atoms with Crippen molar-refractivity contribution in [2.24, 2.45) is 0 Å². The van der Waals surface area contributed by atoms with Crippen molar-refractivity contribution in [2.75, 3.05) is 12.4 Å². The van der Waals surface area contributed by atoms with Crippen LogP contribution in [0.3, 0.4) is 0 Å². The summed E-state index contributed by atoms with van der Waals surface area (Å²) in [4.78, 5) is 4.10. The van der Waals surface area contributed by atoms with Gasteiger partial charge in [-0.2, -0.15) is 8.42 Å². The molecule has 3 rings (SSSR count). The molecule has 0 spiro atoms. The molecule has 1 aromatic heterocycles. The van der Waals surface area contributed by atoms with E-state index in [0.717, 1.165) is 5.56 Å². The van der Waals surface area contributed by atoms with Crippen molar-refractivity contribution in [3.8, 4) is 28.7 Å². The zero-order valence-electron chi connectivity index (χ0n) is 15.7. The first-order chi connectivity index (χ1) is 14.3. The van der Waals surface area contributed by atoms with E-state index in [1.165, 1.54) is 6.07 Å². The van der Waals surface area contributed by atoms with Crippen LogP contribution < -0.4 is 4.74 Å². The van der Waals surface area contributed by atoms with Crippen LogP contribution in [0.5, 0.6) is 5.75 Å². The van der Waals surface area contributed by atoms with E-state index in [4.69, 9.17) is 20.9 Å². The van der Waals surface area contributed by atoms with E-state index in [1.807, 2.05) is 0 Å². The molecular weight excluding hydrogens is 429 g/mol. The molecule has 8 heteroatoms. The van der Waals surface area contributed by atoms with Crippen LogP contribution >= 0.6 is 11.6 Å². The standard InChI is InChI=1S/C22H17ClFNO4S/c23-19-7-5-17(6-8-19)18-14-21(24)22(25-15-18)11-4-16-2-9-20(10-3-16)29-12-1-13-30(26,27)28/h2-3,5-10,14-15H,1,12-13H2,(H,26,27,28). The van der Waals surface area contributed by atoms with E-state index >= 15 is 0 Å². The number of halogens is 2. The van der Waals surface area contributed by atoms with Gasteiger partial charge in [-0.05, 0) is 60.4 Å². The van der Waals surface area contributed by atoms with Crippen LogP contribution in [0.15, 0.2) is 60.8 Å². The molecule has 0 atom stereocenters. The minimum absolute atomic E-state index is 0.0400. The Bertz CT molecular complexity index is 1180. The van der Waals surface area contributed by atoms with Crippen molar-refractivity contribution in [3.63, 3.8) is 0 Å². The van der Waals surface area contributed by atoms with Gasteiger partial charge < -0.3 is 4.74 Å². The zero-order valence-corrected chi connectivity index (χ0v) is 17.3. The molecule has 154 valence electrons. The summed E-state index contributed by atoms with van der Waals surface area (Å²) < 4.78 is 49.7. The third-order valence-corrected chi connectivity index (χ3v) is 5.07. The monoisotopic (exact) mass is 445 g/mol. The van der Waals surface area contributed by atoms with Crippen LogP contribution in [0.25, 0.3) is 11.1 Å². The molecule has 30 heavy (non-hydrogen) atoms. The van der Waals surface area contributed by atoms with Gasteiger partial charge in [0.2, 0.25) is 0 Å². The number of nitrogens with zero attached hydrogens (tertiary/aromatic N) is 1. The van der Waals surface area contributed by atoms with Crippen molar-refractivity contribution < 1.29 is 22.1 Å². The molecule has 1 heterocycles. The van der Waals surface area contributed by atoms with E-state index in [9.17, 15) is 12.8 Å². The summed E-state index contributed by atoms with van der Waals surface area (Å²) in [5.41, 5.74) is 2.12. The zero-order chi connectivity index (χ0) is 21.6. The maximum Gasteiger partial charge on any atom is 0.264 e. The lowest BCUT2D eigenvalue weighted by molar-refractivity contribution is 0.316. The van der Waals surface area contributed by atoms with Gasteiger partial charge in [0.1, 0.15) is 11.4 Å². The predicted molar refractivity (Wildman–Crippen MR) is 114 cm³/mol. The predicted octanol–water partition coefficient (Wildman–Crippen LogP) is 4.60. The van der Waals surface area contributed by atoms with Gasteiger partial charge >= 0.3 is 0 Å². The summed E-state index contributed by atoms with van der Waals surface area (Å²) >= 11 is 5.87. The van der Waals surface area contributed by atoms with Gasteiger partial charge in [0.15, 0.2) is 5.82 Å². The summed E-state index contributed by atoms with van der Waals surface area (Å²) in [6.07, 6.45) is 1.73. The first kappa shape index (κ1) is 21.8. The Balaban J connectivity index is 1.63. The molecule has 0 aliphatic rings. The highest BCUT2D eigenvalue weighted by molar-refractivity contribution is 7.85. The lowest BCUT2D eigenvalue weighted by Gasteiger charge is -2.05. The van der Waals surface area contributed by atoms with E-state index in [2.05, 4.69) is 16.8 Å². The van der Waals surface area contributed by atoms with Gasteiger partial charge in [0.25, 0.3) is 10.1 Å². The molecule has 0 radical (unpaired) electrons. The van der Waals surface area contributed by atoms with Gasteiger partial charge in [-0.25, -0.2) is 9.37 Å². The number of ether oxygens (including phenoxy) is 1. The second kappa shape index (κ2) is 9.72. The molecular formula is C22H17ClFNO4S. The number of aromatic nitrogens is 1. The summed E-state index contributed by atoms with van der Waals surface area (Å²) in [6, 6.07) is 15.2. The molecule has 0 aliphatic carbocycles. The highest BCUT2D eigenvalue weighted by atomic mass is 35.5. The molecule has 1 N–H and O–H groups in total. The van der Waals surface area contributed by atoms with Gasteiger partial charge in [-0.15, -0.1) is 0 Å². The molecule has 3 aromatic rings. The van der Waals surface area contributed by atoms with Gasteiger partial charge in [-0.1, -0.05) is 29.7 Å². The Hall–Kier alpha value is -2.92. The van der Waals surface area contributed by atoms with E-state index in [0.29, 0.717) is 21.9 Å². The lowest BCUT2D eigenvalue weighted by atomic mass is 10.1. The Labute approximate surface area is 179 Å². The summed E-state index contributed by atoms with van der Waals surface area (Å²) in [5.74, 6) is 5.22. The number of pyridine rings is 1. The first-order valence-electron chi connectivity index (χ1n) is 8.92. The highest BCUT2D eigenvalue weighted by Crippen LogP contribution is 2.22. The fourth-order valence-electron chi connectivity index (χ4n) is 2.53. The molecule has 0 amide bonds. The highest BCUT2D eigenvalue weighted by Gasteiger charge is 2.06. The van der Waals surface area contributed by atoms with Crippen molar-refractivity contribution in [3.05, 3.63) is 82.9 Å². The molecule has 0 saturated heterocycles. The van der Waals surface area contributed by atoms with Crippen LogP contribution in [0.1, 0.15) is 17.7 Å². The normalized spacial score (nSPS) is 10.9. The van der Waals surface area contributed by atoms with Crippen molar-refractivity contribution >= 4 is 21.7 Å². The molecule has 0 fully saturated rings. The SMILES string of the molecule is O=S(=O)(O)CCCOc1ccc(C#Cc2ncc(-c3ccc(Cl)cc3)cc2F)cc1. The lowest BCUT2D eigenvalue weighted by Crippen LogP contribution is -2.08. The van der Waals surface area contributed by atoms with Crippen molar-refractivity contribution in [1.82, 2.24) is 4.98 Å². The smallest absolute Gasteiger partial charge is 0.264 e. The fourth-order valence-corrected chi connectivity index (χ4v) is 3.14. The van der Waals surface area contributed by atoms with Gasteiger partial charge in [-0.3, -0.25) is 4.55 Å². The average Bonchev–Trinajstić information content (AvgIpc) is 2.71. The van der Waals surface area contributed by atoms with Gasteiger partial charge in [0, 0.05) is 22.3 Å². The number of hydrogen-bond donors (Lipinski definition) is 1. The molecule has 0 saturated carbocycles. The summed E-state index contributed by atoms with van der Waals surface area (Å²) in [5, 5.41) is 0.601. The average molecular weight is 446 g/mol. The van der Waals surface area contributed by atoms with Crippen molar-refractivity contribution in [2.45, 2.75) is 6.42 Å². The number of hydrogen-bond acceptors (Lipinski definition) is 4. The van der Waals surface area contributed by atoms with Crippen LogP contribution in [0.2, 0.25) is 5.02 Å². The van der Waals surface area contributed by atoms with E-state index in [-0.39, 0.29) is 24.5 Å². The minimum Gasteiger partial charge on any atom is -0.494 e. The van der Waals surface area contributed by atoms with Crippen LogP contribution in [-0.2, 0) is 10.1 Å². The van der Waals surface area contributed by atoms with E-state index in [1.54, 1.807) is 54.7 Å². The maximum atomic E-state index is 14.4. The molecule has 0 aliphatic heterocycles. The Kier molecular flexibility index (Phi) is 7.06. The second-order valence-corrected chi connectivity index (χ2v) is 8.33. The van der Waals surface area contributed by atoms with E-state index < -0.39 is 15.9 Å². The summed E-state index contributed by atoms with van der Waals surface area (Å²) in [7, 11) is -3.98. The first-order valence-corrected chi connectivity index (χ1v) is 10.9. The molecule has 0 unspecified atom stereocenters. The van der Waals surface area contributed by atoms with Crippen LogP contribution in [-0.4, -0.2) is 30.3 Å². The third-order valence-electron chi connectivity index (χ3n) is 4.01. The Morgan fingerprint density at radius 3 is 2.37 bits per heavy atom. The molecule has 2 aromatic carbocycles. The number of rotatable bonds is 6. The quantitative estimate of drug-likeness (QED) is 0.341. The van der Waals surface area contributed by atoms with Crippen LogP contribution in [0, 0.1) is 17.7 Å². The Morgan fingerprint density at radius 2 is 1.73 bits per heavy atom. The molecule has 5 nitrogen and oxygen atoms in total. The maximum absolute atomic E-state index is 14.4.